The highest BCUT2D eigenvalue weighted by Crippen LogP contribution is 2.29. The molecule has 1 unspecified atom stereocenters. The summed E-state index contributed by atoms with van der Waals surface area (Å²) in [5.41, 5.74) is 2.14. The smallest absolute Gasteiger partial charge is 0.110 e. The van der Waals surface area contributed by atoms with Crippen molar-refractivity contribution in [1.29, 1.82) is 0 Å². The van der Waals surface area contributed by atoms with Crippen LogP contribution in [0, 0.1) is 0 Å². The number of pyridine rings is 1. The van der Waals surface area contributed by atoms with Gasteiger partial charge in [-0.15, -0.1) is 11.3 Å². The predicted octanol–water partition coefficient (Wildman–Crippen LogP) is 2.63. The molecule has 4 heteroatoms. The van der Waals surface area contributed by atoms with Crippen molar-refractivity contribution in [3.05, 3.63) is 34.9 Å². The minimum absolute atomic E-state index is 0.468. The van der Waals surface area contributed by atoms with Gasteiger partial charge >= 0.3 is 0 Å². The van der Waals surface area contributed by atoms with Crippen molar-refractivity contribution in [2.75, 3.05) is 6.54 Å². The van der Waals surface area contributed by atoms with Crippen LogP contribution in [0.5, 0.6) is 0 Å². The molecule has 1 fully saturated rings. The summed E-state index contributed by atoms with van der Waals surface area (Å²) in [6, 6.07) is 4.46. The zero-order valence-corrected chi connectivity index (χ0v) is 9.70. The fourth-order valence-electron chi connectivity index (χ4n) is 1.99. The normalized spacial score (nSPS) is 20.1. The average Bonchev–Trinajstić information content (AvgIpc) is 3.01. The summed E-state index contributed by atoms with van der Waals surface area (Å²) in [7, 11) is 0. The lowest BCUT2D eigenvalue weighted by Crippen LogP contribution is -2.12. The average molecular weight is 231 g/mol. The third kappa shape index (κ3) is 1.86. The van der Waals surface area contributed by atoms with E-state index in [0.29, 0.717) is 6.04 Å². The van der Waals surface area contributed by atoms with Crippen molar-refractivity contribution < 1.29 is 0 Å². The molecule has 1 atom stereocenters. The molecule has 1 N–H and O–H groups in total. The lowest BCUT2D eigenvalue weighted by atomic mass is 10.2. The molecule has 0 spiro atoms. The summed E-state index contributed by atoms with van der Waals surface area (Å²) in [4.78, 5) is 8.80. The largest absolute Gasteiger partial charge is 0.308 e. The lowest BCUT2D eigenvalue weighted by Gasteiger charge is -2.04. The summed E-state index contributed by atoms with van der Waals surface area (Å²) in [5, 5.41) is 6.79. The molecule has 16 heavy (non-hydrogen) atoms. The van der Waals surface area contributed by atoms with Crippen LogP contribution >= 0.6 is 11.3 Å². The number of hydrogen-bond acceptors (Lipinski definition) is 4. The van der Waals surface area contributed by atoms with Crippen molar-refractivity contribution in [2.45, 2.75) is 18.9 Å². The second kappa shape index (κ2) is 4.31. The van der Waals surface area contributed by atoms with Gasteiger partial charge in [0.05, 0.1) is 11.7 Å². The summed E-state index contributed by atoms with van der Waals surface area (Å²) in [5.74, 6) is 0. The number of nitrogens with one attached hydrogen (secondary N) is 1. The van der Waals surface area contributed by atoms with Crippen LogP contribution in [0.4, 0.5) is 0 Å². The molecule has 0 saturated carbocycles. The molecule has 2 aromatic rings. The van der Waals surface area contributed by atoms with Crippen LogP contribution in [0.3, 0.4) is 0 Å². The van der Waals surface area contributed by atoms with Crippen molar-refractivity contribution in [3.8, 4) is 11.3 Å². The Morgan fingerprint density at radius 1 is 1.44 bits per heavy atom. The fourth-order valence-corrected chi connectivity index (χ4v) is 2.93. The van der Waals surface area contributed by atoms with Gasteiger partial charge < -0.3 is 5.32 Å². The van der Waals surface area contributed by atoms with E-state index in [-0.39, 0.29) is 0 Å². The van der Waals surface area contributed by atoms with Crippen LogP contribution in [-0.2, 0) is 0 Å². The third-order valence-electron chi connectivity index (χ3n) is 2.84. The Balaban J connectivity index is 1.87. The molecular formula is C12H13N3S. The minimum atomic E-state index is 0.468. The molecule has 3 rings (SSSR count). The first-order chi connectivity index (χ1) is 7.93. The highest BCUT2D eigenvalue weighted by Gasteiger charge is 2.19. The van der Waals surface area contributed by atoms with E-state index >= 15 is 0 Å². The SMILES string of the molecule is c1cncc(-c2csc(C3CCCN3)n2)c1. The zero-order valence-electron chi connectivity index (χ0n) is 8.89. The van der Waals surface area contributed by atoms with Crippen LogP contribution in [0.15, 0.2) is 29.9 Å². The molecule has 82 valence electrons. The minimum Gasteiger partial charge on any atom is -0.308 e. The summed E-state index contributed by atoms with van der Waals surface area (Å²) < 4.78 is 0. The number of hydrogen-bond donors (Lipinski definition) is 1. The molecular weight excluding hydrogens is 218 g/mol. The van der Waals surface area contributed by atoms with Gasteiger partial charge in [-0.3, -0.25) is 4.98 Å². The van der Waals surface area contributed by atoms with Crippen molar-refractivity contribution >= 4 is 11.3 Å². The van der Waals surface area contributed by atoms with E-state index in [0.717, 1.165) is 17.8 Å². The Labute approximate surface area is 98.6 Å². The molecule has 1 aliphatic rings. The molecule has 3 heterocycles. The standard InChI is InChI=1S/C12H13N3S/c1-3-9(7-13-5-1)11-8-16-12(15-11)10-4-2-6-14-10/h1,3,5,7-8,10,14H,2,4,6H2. The van der Waals surface area contributed by atoms with Crippen LogP contribution in [0.25, 0.3) is 11.3 Å². The van der Waals surface area contributed by atoms with Gasteiger partial charge in [0.25, 0.3) is 0 Å². The summed E-state index contributed by atoms with van der Waals surface area (Å²) in [6.45, 7) is 1.12. The van der Waals surface area contributed by atoms with Gasteiger partial charge in [0, 0.05) is 23.3 Å². The van der Waals surface area contributed by atoms with Gasteiger partial charge in [-0.2, -0.15) is 0 Å². The first-order valence-corrected chi connectivity index (χ1v) is 6.40. The maximum absolute atomic E-state index is 4.68. The fraction of sp³-hybridized carbons (Fsp3) is 0.333. The van der Waals surface area contributed by atoms with E-state index in [1.54, 1.807) is 17.5 Å². The quantitative estimate of drug-likeness (QED) is 0.863. The molecule has 0 bridgehead atoms. The monoisotopic (exact) mass is 231 g/mol. The van der Waals surface area contributed by atoms with Crippen molar-refractivity contribution in [2.24, 2.45) is 0 Å². The highest BCUT2D eigenvalue weighted by molar-refractivity contribution is 7.10. The molecule has 0 amide bonds. The van der Waals surface area contributed by atoms with E-state index in [2.05, 4.69) is 20.7 Å². The zero-order chi connectivity index (χ0) is 10.8. The lowest BCUT2D eigenvalue weighted by molar-refractivity contribution is 0.643. The van der Waals surface area contributed by atoms with Gasteiger partial charge in [-0.1, -0.05) is 0 Å². The molecule has 0 radical (unpaired) electrons. The number of nitrogens with zero attached hydrogens (tertiary/aromatic N) is 2. The molecule has 1 saturated heterocycles. The maximum Gasteiger partial charge on any atom is 0.110 e. The second-order valence-corrected chi connectivity index (χ2v) is 4.85. The number of rotatable bonds is 2. The molecule has 0 aliphatic carbocycles. The van der Waals surface area contributed by atoms with Gasteiger partial charge in [-0.25, -0.2) is 4.98 Å². The Hall–Kier alpha value is -1.26. The third-order valence-corrected chi connectivity index (χ3v) is 3.80. The first kappa shape index (κ1) is 9.93. The second-order valence-electron chi connectivity index (χ2n) is 3.96. The summed E-state index contributed by atoms with van der Waals surface area (Å²) >= 11 is 1.74. The van der Waals surface area contributed by atoms with Crippen LogP contribution in [-0.4, -0.2) is 16.5 Å². The van der Waals surface area contributed by atoms with Crippen LogP contribution in [0.2, 0.25) is 0 Å². The molecule has 0 aromatic carbocycles. The van der Waals surface area contributed by atoms with E-state index in [1.807, 2.05) is 18.3 Å². The highest BCUT2D eigenvalue weighted by atomic mass is 32.1. The number of aromatic nitrogens is 2. The predicted molar refractivity (Wildman–Crippen MR) is 65.3 cm³/mol. The van der Waals surface area contributed by atoms with E-state index in [1.165, 1.54) is 17.8 Å². The van der Waals surface area contributed by atoms with E-state index < -0.39 is 0 Å². The molecule has 3 nitrogen and oxygen atoms in total. The van der Waals surface area contributed by atoms with E-state index in [9.17, 15) is 0 Å². The van der Waals surface area contributed by atoms with Gasteiger partial charge in [-0.05, 0) is 31.5 Å². The first-order valence-electron chi connectivity index (χ1n) is 5.53. The van der Waals surface area contributed by atoms with Gasteiger partial charge in [0.2, 0.25) is 0 Å². The van der Waals surface area contributed by atoms with Crippen molar-refractivity contribution in [3.63, 3.8) is 0 Å². The van der Waals surface area contributed by atoms with Crippen LogP contribution in [0.1, 0.15) is 23.9 Å². The summed E-state index contributed by atoms with van der Waals surface area (Å²) in [6.07, 6.45) is 6.11. The topological polar surface area (TPSA) is 37.8 Å². The Kier molecular flexibility index (Phi) is 2.68. The number of thiazole rings is 1. The van der Waals surface area contributed by atoms with Crippen LogP contribution < -0.4 is 5.32 Å². The van der Waals surface area contributed by atoms with Crippen molar-refractivity contribution in [1.82, 2.24) is 15.3 Å². The molecule has 2 aromatic heterocycles. The van der Waals surface area contributed by atoms with Gasteiger partial charge in [0.1, 0.15) is 5.01 Å². The Bertz CT molecular complexity index is 460. The Morgan fingerprint density at radius 3 is 3.19 bits per heavy atom. The Morgan fingerprint density at radius 2 is 2.44 bits per heavy atom. The maximum atomic E-state index is 4.68. The molecule has 1 aliphatic heterocycles. The van der Waals surface area contributed by atoms with E-state index in [4.69, 9.17) is 0 Å². The van der Waals surface area contributed by atoms with Gasteiger partial charge in [0.15, 0.2) is 0 Å².